The van der Waals surface area contributed by atoms with E-state index in [-0.39, 0.29) is 48.9 Å². The third kappa shape index (κ3) is 18.4. The summed E-state index contributed by atoms with van der Waals surface area (Å²) in [7, 11) is -2.01. The normalized spacial score (nSPS) is 14.0. The first-order chi connectivity index (χ1) is 19.2. The van der Waals surface area contributed by atoms with E-state index in [1.165, 1.54) is 10.4 Å². The van der Waals surface area contributed by atoms with Crippen LogP contribution in [0.5, 0.6) is 23.0 Å². The molecule has 2 aliphatic carbocycles. The van der Waals surface area contributed by atoms with E-state index in [0.29, 0.717) is 11.5 Å². The number of rotatable bonds is 4. The summed E-state index contributed by atoms with van der Waals surface area (Å²) in [6, 6.07) is 13.9. The Bertz CT molecular complexity index is 1140. The predicted molar refractivity (Wildman–Crippen MR) is 185 cm³/mol. The van der Waals surface area contributed by atoms with Crippen LogP contribution in [0, 0.1) is 12.2 Å². The van der Waals surface area contributed by atoms with Crippen LogP contribution in [0.2, 0.25) is 39.3 Å². The summed E-state index contributed by atoms with van der Waals surface area (Å²) in [4.78, 5) is 0. The van der Waals surface area contributed by atoms with Crippen molar-refractivity contribution in [1.82, 2.24) is 0 Å². The fraction of sp³-hybridized carbons (Fsp3) is 0.444. The molecule has 0 spiro atoms. The third-order valence-electron chi connectivity index (χ3n) is 5.57. The minimum atomic E-state index is -1.01. The van der Waals surface area contributed by atoms with E-state index >= 15 is 0 Å². The number of allylic oxidation sites excluding steroid dienone is 8. The summed E-state index contributed by atoms with van der Waals surface area (Å²) < 4.78 is 11.0. The van der Waals surface area contributed by atoms with Crippen molar-refractivity contribution in [3.63, 3.8) is 0 Å². The van der Waals surface area contributed by atoms with Gasteiger partial charge in [0.15, 0.2) is 23.0 Å². The van der Waals surface area contributed by atoms with Gasteiger partial charge in [0.1, 0.15) is 11.2 Å². The largest absolute Gasteiger partial charge is 2.00 e. The standard InChI is InChI=1S/2C10H14O2.2C8H13Si.Zr/c2*1-10(2,3)12-9-7-5-4-6-8(9)11;2*1-9(2,3)8-6-4-5-7-8;/h2*4-7,11H,1-3H3;2*4,6H,5H2,1-3H3;/q;;2*-1;+2. The molecule has 0 unspecified atom stereocenters. The molecule has 2 aromatic carbocycles. The first kappa shape index (κ1) is 40.9. The topological polar surface area (TPSA) is 58.9 Å². The van der Waals surface area contributed by atoms with Crippen molar-refractivity contribution in [1.29, 1.82) is 0 Å². The van der Waals surface area contributed by atoms with Crippen LogP contribution in [0.15, 0.2) is 83.2 Å². The van der Waals surface area contributed by atoms with E-state index in [2.05, 4.69) is 75.7 Å². The van der Waals surface area contributed by atoms with Crippen LogP contribution in [-0.2, 0) is 26.2 Å². The van der Waals surface area contributed by atoms with Gasteiger partial charge in [0.25, 0.3) is 0 Å². The maximum absolute atomic E-state index is 9.35. The maximum atomic E-state index is 9.35. The molecule has 0 heterocycles. The zero-order chi connectivity index (χ0) is 32.2. The van der Waals surface area contributed by atoms with Crippen LogP contribution in [0.1, 0.15) is 54.4 Å². The van der Waals surface area contributed by atoms with Crippen LogP contribution in [0.4, 0.5) is 0 Å². The molecule has 7 heteroatoms. The van der Waals surface area contributed by atoms with Gasteiger partial charge in [-0.3, -0.25) is 12.2 Å². The van der Waals surface area contributed by atoms with E-state index in [1.807, 2.05) is 53.7 Å². The molecule has 0 radical (unpaired) electrons. The average molecular weight is 698 g/mol. The number of benzene rings is 2. The second-order valence-corrected chi connectivity index (χ2v) is 24.3. The molecular formula is C36H54O4Si2Zr. The van der Waals surface area contributed by atoms with Gasteiger partial charge in [-0.25, -0.2) is 22.5 Å². The second kappa shape index (κ2) is 18.0. The average Bonchev–Trinajstić information content (AvgIpc) is 3.56. The van der Waals surface area contributed by atoms with Crippen LogP contribution in [-0.4, -0.2) is 37.6 Å². The zero-order valence-corrected chi connectivity index (χ0v) is 33.0. The number of hydrogen-bond acceptors (Lipinski definition) is 4. The minimum Gasteiger partial charge on any atom is -0.504 e. The van der Waals surface area contributed by atoms with Crippen LogP contribution < -0.4 is 9.47 Å². The number of aromatic hydroxyl groups is 2. The predicted octanol–water partition coefficient (Wildman–Crippen LogP) is 10.2. The molecule has 0 saturated heterocycles. The monoisotopic (exact) mass is 696 g/mol. The van der Waals surface area contributed by atoms with Gasteiger partial charge >= 0.3 is 26.2 Å². The Morgan fingerprint density at radius 1 is 0.581 bits per heavy atom. The molecule has 2 aromatic rings. The molecule has 0 fully saturated rings. The molecule has 234 valence electrons. The number of para-hydroxylation sites is 4. The van der Waals surface area contributed by atoms with Gasteiger partial charge in [-0.1, -0.05) is 63.5 Å². The Labute approximate surface area is 283 Å². The second-order valence-electron chi connectivity index (χ2n) is 14.3. The van der Waals surface area contributed by atoms with Crippen molar-refractivity contribution in [2.45, 2.75) is 105 Å². The minimum absolute atomic E-state index is 0. The third-order valence-corrected chi connectivity index (χ3v) is 9.49. The van der Waals surface area contributed by atoms with E-state index in [1.54, 1.807) is 36.4 Å². The van der Waals surface area contributed by atoms with E-state index in [4.69, 9.17) is 9.47 Å². The van der Waals surface area contributed by atoms with Crippen molar-refractivity contribution >= 4 is 16.1 Å². The SMILES string of the molecule is CC(C)(C)Oc1ccccc1O.CC(C)(C)Oc1ccccc1O.C[Si](C)(C)C1=[C-]CC=C1.C[Si](C)(C)C1=[C-]CC=C1.[Zr+2]. The Morgan fingerprint density at radius 3 is 1.07 bits per heavy atom. The number of phenols is 2. The van der Waals surface area contributed by atoms with E-state index in [9.17, 15) is 10.2 Å². The number of hydrogen-bond donors (Lipinski definition) is 2. The van der Waals surface area contributed by atoms with E-state index in [0.717, 1.165) is 12.8 Å². The summed E-state index contributed by atoms with van der Waals surface area (Å²) in [6.07, 6.45) is 17.6. The summed E-state index contributed by atoms with van der Waals surface area (Å²) in [5.74, 6) is 1.44. The van der Waals surface area contributed by atoms with Gasteiger partial charge in [-0.15, -0.1) is 12.8 Å². The maximum Gasteiger partial charge on any atom is 2.00 e. The molecule has 0 aromatic heterocycles. The van der Waals surface area contributed by atoms with Crippen LogP contribution in [0.3, 0.4) is 0 Å². The molecule has 43 heavy (non-hydrogen) atoms. The summed E-state index contributed by atoms with van der Waals surface area (Å²) >= 11 is 0. The summed E-state index contributed by atoms with van der Waals surface area (Å²) in [5.41, 5.74) is -0.530. The van der Waals surface area contributed by atoms with Gasteiger partial charge < -0.3 is 19.7 Å². The fourth-order valence-electron chi connectivity index (χ4n) is 3.59. The number of phenolic OH excluding ortho intramolecular Hbond substituents is 2. The van der Waals surface area contributed by atoms with Crippen molar-refractivity contribution < 1.29 is 45.9 Å². The van der Waals surface area contributed by atoms with Crippen molar-refractivity contribution in [3.8, 4) is 23.0 Å². The zero-order valence-electron chi connectivity index (χ0n) is 28.6. The molecule has 0 aliphatic heterocycles. The molecule has 4 nitrogen and oxygen atoms in total. The van der Waals surface area contributed by atoms with E-state index < -0.39 is 16.1 Å². The summed E-state index contributed by atoms with van der Waals surface area (Å²) in [5, 5.41) is 21.7. The van der Waals surface area contributed by atoms with Gasteiger partial charge in [-0.05, 0) is 65.8 Å². The van der Waals surface area contributed by atoms with Crippen LogP contribution >= 0.6 is 0 Å². The Balaban J connectivity index is 0.000000548. The fourth-order valence-corrected chi connectivity index (χ4v) is 6.09. The first-order valence-corrected chi connectivity index (χ1v) is 21.7. The molecule has 2 aliphatic rings. The Hall–Kier alpha value is -2.08. The molecule has 0 atom stereocenters. The molecule has 0 bridgehead atoms. The van der Waals surface area contributed by atoms with Crippen molar-refractivity contribution in [2.24, 2.45) is 0 Å². The first-order valence-electron chi connectivity index (χ1n) is 14.7. The molecule has 0 saturated carbocycles. The van der Waals surface area contributed by atoms with Gasteiger partial charge in [0, 0.05) is 16.1 Å². The van der Waals surface area contributed by atoms with Gasteiger partial charge in [0.2, 0.25) is 0 Å². The molecule has 2 N–H and O–H groups in total. The smallest absolute Gasteiger partial charge is 0.504 e. The molecular weight excluding hydrogens is 644 g/mol. The van der Waals surface area contributed by atoms with Crippen molar-refractivity contribution in [2.75, 3.05) is 0 Å². The number of ether oxygens (including phenoxy) is 2. The quantitative estimate of drug-likeness (QED) is 0.247. The Morgan fingerprint density at radius 2 is 0.884 bits per heavy atom. The van der Waals surface area contributed by atoms with Crippen LogP contribution in [0.25, 0.3) is 0 Å². The Kier molecular flexibility index (Phi) is 17.1. The molecule has 4 rings (SSSR count). The summed E-state index contributed by atoms with van der Waals surface area (Å²) in [6.45, 7) is 25.8. The van der Waals surface area contributed by atoms with Gasteiger partial charge in [0.05, 0.1) is 0 Å². The van der Waals surface area contributed by atoms with Gasteiger partial charge in [-0.2, -0.15) is 12.2 Å². The molecule has 0 amide bonds. The van der Waals surface area contributed by atoms with Crippen molar-refractivity contribution in [3.05, 3.63) is 95.4 Å².